The molecule has 1 saturated heterocycles. The molecule has 0 amide bonds. The SMILES string of the molecule is CCC(N)Cc1cc(Br)ccc1N1CCOC(C)C1. The molecule has 0 aliphatic carbocycles. The van der Waals surface area contributed by atoms with Gasteiger partial charge in [-0.3, -0.25) is 0 Å². The Morgan fingerprint density at radius 3 is 3.00 bits per heavy atom. The summed E-state index contributed by atoms with van der Waals surface area (Å²) in [5.74, 6) is 0. The maximum Gasteiger partial charge on any atom is 0.0722 e. The van der Waals surface area contributed by atoms with E-state index >= 15 is 0 Å². The molecule has 2 N–H and O–H groups in total. The number of morpholine rings is 1. The van der Waals surface area contributed by atoms with Gasteiger partial charge in [0, 0.05) is 29.3 Å². The number of rotatable bonds is 4. The zero-order chi connectivity index (χ0) is 13.8. The third-order valence-electron chi connectivity index (χ3n) is 3.63. The van der Waals surface area contributed by atoms with E-state index in [9.17, 15) is 0 Å². The van der Waals surface area contributed by atoms with E-state index in [1.165, 1.54) is 11.3 Å². The molecule has 2 rings (SSSR count). The number of hydrogen-bond donors (Lipinski definition) is 1. The van der Waals surface area contributed by atoms with Crippen LogP contribution in [0.3, 0.4) is 0 Å². The van der Waals surface area contributed by atoms with Crippen molar-refractivity contribution < 1.29 is 4.74 Å². The summed E-state index contributed by atoms with van der Waals surface area (Å²) in [6, 6.07) is 6.73. The Morgan fingerprint density at radius 1 is 1.53 bits per heavy atom. The molecule has 0 radical (unpaired) electrons. The van der Waals surface area contributed by atoms with Crippen molar-refractivity contribution in [2.45, 2.75) is 38.8 Å². The van der Waals surface area contributed by atoms with Crippen LogP contribution in [0.4, 0.5) is 5.69 Å². The van der Waals surface area contributed by atoms with Crippen LogP contribution in [0.25, 0.3) is 0 Å². The molecule has 2 atom stereocenters. The highest BCUT2D eigenvalue weighted by atomic mass is 79.9. The fourth-order valence-electron chi connectivity index (χ4n) is 2.49. The Labute approximate surface area is 124 Å². The minimum Gasteiger partial charge on any atom is -0.375 e. The van der Waals surface area contributed by atoms with Gasteiger partial charge in [-0.25, -0.2) is 0 Å². The maximum atomic E-state index is 6.12. The van der Waals surface area contributed by atoms with Crippen molar-refractivity contribution in [1.29, 1.82) is 0 Å². The minimum atomic E-state index is 0.228. The third kappa shape index (κ3) is 3.94. The van der Waals surface area contributed by atoms with Crippen LogP contribution in [-0.2, 0) is 11.2 Å². The zero-order valence-electron chi connectivity index (χ0n) is 11.7. The molecule has 1 aromatic carbocycles. The first-order valence-corrected chi connectivity index (χ1v) is 7.80. The summed E-state index contributed by atoms with van der Waals surface area (Å²) in [7, 11) is 0. The van der Waals surface area contributed by atoms with Crippen LogP contribution in [-0.4, -0.2) is 31.8 Å². The van der Waals surface area contributed by atoms with Gasteiger partial charge in [-0.1, -0.05) is 22.9 Å². The summed E-state index contributed by atoms with van der Waals surface area (Å²) in [4.78, 5) is 2.42. The minimum absolute atomic E-state index is 0.228. The predicted octanol–water partition coefficient (Wildman–Crippen LogP) is 2.95. The Balaban J connectivity index is 2.22. The van der Waals surface area contributed by atoms with Gasteiger partial charge in [0.25, 0.3) is 0 Å². The summed E-state index contributed by atoms with van der Waals surface area (Å²) in [6.07, 6.45) is 2.23. The van der Waals surface area contributed by atoms with Crippen molar-refractivity contribution in [3.05, 3.63) is 28.2 Å². The lowest BCUT2D eigenvalue weighted by atomic mass is 10.0. The molecule has 0 bridgehead atoms. The van der Waals surface area contributed by atoms with Crippen LogP contribution in [0.1, 0.15) is 25.8 Å². The normalized spacial score (nSPS) is 21.5. The van der Waals surface area contributed by atoms with Crippen molar-refractivity contribution >= 4 is 21.6 Å². The Bertz CT molecular complexity index is 425. The second kappa shape index (κ2) is 6.73. The van der Waals surface area contributed by atoms with Gasteiger partial charge in [-0.05, 0) is 43.5 Å². The van der Waals surface area contributed by atoms with Crippen LogP contribution in [0.15, 0.2) is 22.7 Å². The Kier molecular flexibility index (Phi) is 5.25. The summed E-state index contributed by atoms with van der Waals surface area (Å²) >= 11 is 3.56. The molecule has 19 heavy (non-hydrogen) atoms. The third-order valence-corrected chi connectivity index (χ3v) is 4.12. The van der Waals surface area contributed by atoms with Crippen LogP contribution in [0.5, 0.6) is 0 Å². The van der Waals surface area contributed by atoms with E-state index in [-0.39, 0.29) is 6.04 Å². The summed E-state index contributed by atoms with van der Waals surface area (Å²) < 4.78 is 6.74. The lowest BCUT2D eigenvalue weighted by Crippen LogP contribution is -2.41. The average Bonchev–Trinajstić information content (AvgIpc) is 2.38. The molecule has 0 saturated carbocycles. The highest BCUT2D eigenvalue weighted by molar-refractivity contribution is 9.10. The summed E-state index contributed by atoms with van der Waals surface area (Å²) in [6.45, 7) is 6.98. The molecule has 1 fully saturated rings. The van der Waals surface area contributed by atoms with Crippen molar-refractivity contribution in [2.24, 2.45) is 5.73 Å². The van der Waals surface area contributed by atoms with Gasteiger partial charge in [0.05, 0.1) is 12.7 Å². The van der Waals surface area contributed by atoms with E-state index in [4.69, 9.17) is 10.5 Å². The highest BCUT2D eigenvalue weighted by Crippen LogP contribution is 2.27. The fourth-order valence-corrected chi connectivity index (χ4v) is 2.90. The lowest BCUT2D eigenvalue weighted by Gasteiger charge is -2.34. The van der Waals surface area contributed by atoms with E-state index in [2.05, 4.69) is 52.9 Å². The number of anilines is 1. The first-order chi connectivity index (χ1) is 9.10. The Hall–Kier alpha value is -0.580. The topological polar surface area (TPSA) is 38.5 Å². The molecule has 1 aliphatic rings. The number of benzene rings is 1. The lowest BCUT2D eigenvalue weighted by molar-refractivity contribution is 0.0531. The molecule has 106 valence electrons. The molecule has 0 aromatic heterocycles. The molecule has 2 unspecified atom stereocenters. The monoisotopic (exact) mass is 326 g/mol. The van der Waals surface area contributed by atoms with Gasteiger partial charge in [0.15, 0.2) is 0 Å². The van der Waals surface area contributed by atoms with Crippen LogP contribution < -0.4 is 10.6 Å². The van der Waals surface area contributed by atoms with Crippen molar-refractivity contribution in [3.63, 3.8) is 0 Å². The van der Waals surface area contributed by atoms with Gasteiger partial charge in [-0.15, -0.1) is 0 Å². The number of ether oxygens (including phenoxy) is 1. The number of hydrogen-bond acceptors (Lipinski definition) is 3. The molecule has 0 spiro atoms. The van der Waals surface area contributed by atoms with Crippen molar-refractivity contribution in [2.75, 3.05) is 24.6 Å². The number of nitrogens with two attached hydrogens (primary N) is 1. The van der Waals surface area contributed by atoms with E-state index in [0.29, 0.717) is 6.10 Å². The van der Waals surface area contributed by atoms with Crippen LogP contribution in [0, 0.1) is 0 Å². The quantitative estimate of drug-likeness (QED) is 0.924. The molecule has 3 nitrogen and oxygen atoms in total. The van der Waals surface area contributed by atoms with E-state index in [0.717, 1.165) is 37.0 Å². The van der Waals surface area contributed by atoms with Gasteiger partial charge in [0.1, 0.15) is 0 Å². The Morgan fingerprint density at radius 2 is 2.32 bits per heavy atom. The number of halogens is 1. The second-order valence-corrected chi connectivity index (χ2v) is 6.19. The van der Waals surface area contributed by atoms with Gasteiger partial charge >= 0.3 is 0 Å². The molecule has 1 heterocycles. The maximum absolute atomic E-state index is 6.12. The molecule has 1 aliphatic heterocycles. The fraction of sp³-hybridized carbons (Fsp3) is 0.600. The first-order valence-electron chi connectivity index (χ1n) is 7.00. The second-order valence-electron chi connectivity index (χ2n) is 5.27. The molecular weight excluding hydrogens is 304 g/mol. The van der Waals surface area contributed by atoms with E-state index in [1.54, 1.807) is 0 Å². The van der Waals surface area contributed by atoms with Crippen LogP contribution in [0.2, 0.25) is 0 Å². The van der Waals surface area contributed by atoms with Crippen molar-refractivity contribution in [1.82, 2.24) is 0 Å². The van der Waals surface area contributed by atoms with Crippen molar-refractivity contribution in [3.8, 4) is 0 Å². The summed E-state index contributed by atoms with van der Waals surface area (Å²) in [5.41, 5.74) is 8.76. The standard InChI is InChI=1S/C15H23BrN2O/c1-3-14(17)9-12-8-13(16)4-5-15(12)18-6-7-19-11(2)10-18/h4-5,8,11,14H,3,6-7,9-10,17H2,1-2H3. The van der Waals surface area contributed by atoms with Gasteiger partial charge in [0.2, 0.25) is 0 Å². The molecule has 1 aromatic rings. The molecule has 4 heteroatoms. The smallest absolute Gasteiger partial charge is 0.0722 e. The molecular formula is C15H23BrN2O. The predicted molar refractivity (Wildman–Crippen MR) is 83.7 cm³/mol. The largest absolute Gasteiger partial charge is 0.375 e. The van der Waals surface area contributed by atoms with E-state index in [1.807, 2.05) is 0 Å². The average molecular weight is 327 g/mol. The van der Waals surface area contributed by atoms with Gasteiger partial charge < -0.3 is 15.4 Å². The van der Waals surface area contributed by atoms with Crippen LogP contribution >= 0.6 is 15.9 Å². The van der Waals surface area contributed by atoms with E-state index < -0.39 is 0 Å². The number of nitrogens with zero attached hydrogens (tertiary/aromatic N) is 1. The zero-order valence-corrected chi connectivity index (χ0v) is 13.3. The van der Waals surface area contributed by atoms with Gasteiger partial charge in [-0.2, -0.15) is 0 Å². The first kappa shape index (κ1) is 14.8. The highest BCUT2D eigenvalue weighted by Gasteiger charge is 2.20. The summed E-state index contributed by atoms with van der Waals surface area (Å²) in [5, 5.41) is 0.